The highest BCUT2D eigenvalue weighted by Gasteiger charge is 2.52. The van der Waals surface area contributed by atoms with E-state index >= 15 is 0 Å². The van der Waals surface area contributed by atoms with Crippen molar-refractivity contribution >= 4 is 36.0 Å². The van der Waals surface area contributed by atoms with Gasteiger partial charge in [0.05, 0.1) is 26.4 Å². The minimum absolute atomic E-state index is 0.0221. The fraction of sp³-hybridized carbons (Fsp3) is 0.364. The molecule has 0 amide bonds. The van der Waals surface area contributed by atoms with Gasteiger partial charge >= 0.3 is 23.9 Å². The van der Waals surface area contributed by atoms with Crippen molar-refractivity contribution in [2.75, 3.05) is 34.0 Å². The number of aliphatic hydroxyl groups is 7. The SMILES string of the molecule is COc1cc(/C=C/C(=O)O[C@H]2[C@H](O[C@H]3[C@H](Oc4cc5c(O[C@@H]6O[C@H](COC(=O)CC(=O)O)[C@@H](O)[C@H](O)[C@H]6O)cc(=O)cc-5oc4-c4ccc(O)c(O)c4)O[C@H](COC(=O)/C=C/c4ccc(O)cc4)[C@@H](O)[C@@H]3O)OC[C@@H](O)[C@@H]2O)cc(OC)c1O. The van der Waals surface area contributed by atoms with Gasteiger partial charge in [-0.05, 0) is 71.8 Å². The number of aromatic hydroxyl groups is 4. The maximum Gasteiger partial charge on any atom is 0.331 e. The van der Waals surface area contributed by atoms with Crippen molar-refractivity contribution in [3.8, 4) is 68.6 Å². The number of hydrogen-bond donors (Lipinski definition) is 12. The summed E-state index contributed by atoms with van der Waals surface area (Å²) in [6.07, 6.45) is -24.0. The molecule has 4 aliphatic heterocycles. The van der Waals surface area contributed by atoms with E-state index in [1.54, 1.807) is 0 Å². The number of aliphatic hydroxyl groups excluding tert-OH is 7. The van der Waals surface area contributed by atoms with Crippen LogP contribution in [0.3, 0.4) is 0 Å². The number of benzene rings is 4. The lowest BCUT2D eigenvalue weighted by Crippen LogP contribution is -2.64. The van der Waals surface area contributed by atoms with Gasteiger partial charge in [-0.3, -0.25) is 14.4 Å². The third-order valence-corrected chi connectivity index (χ3v) is 13.1. The molecule has 12 N–H and O–H groups in total. The van der Waals surface area contributed by atoms with Crippen LogP contribution in [0.25, 0.3) is 34.8 Å². The zero-order valence-electron chi connectivity index (χ0n) is 44.0. The predicted octanol–water partition coefficient (Wildman–Crippen LogP) is -0.374. The second-order valence-corrected chi connectivity index (χ2v) is 18.9. The second kappa shape index (κ2) is 26.8. The zero-order chi connectivity index (χ0) is 60.7. The number of carbonyl (C=O) groups is 4. The number of carboxylic acids is 1. The minimum atomic E-state index is -2.17. The van der Waals surface area contributed by atoms with Crippen molar-refractivity contribution < 1.29 is 137 Å². The number of phenolic OH excluding ortho intramolecular Hbond substituents is 4. The molecule has 0 bridgehead atoms. The number of methoxy groups -OCH3 is 2. The highest BCUT2D eigenvalue weighted by atomic mass is 16.8. The molecule has 29 nitrogen and oxygen atoms in total. The van der Waals surface area contributed by atoms with Gasteiger partial charge in [-0.15, -0.1) is 0 Å². The Hall–Kier alpha value is -8.59. The van der Waals surface area contributed by atoms with E-state index < -0.39 is 170 Å². The lowest BCUT2D eigenvalue weighted by molar-refractivity contribution is -0.345. The summed E-state index contributed by atoms with van der Waals surface area (Å²) in [5.41, 5.74) is -0.408. The number of carbonyl (C=O) groups excluding carboxylic acids is 3. The Morgan fingerprint density at radius 3 is 1.90 bits per heavy atom. The molecule has 29 heteroatoms. The van der Waals surface area contributed by atoms with Crippen LogP contribution in [0.4, 0.5) is 0 Å². The van der Waals surface area contributed by atoms with E-state index in [-0.39, 0.29) is 45.4 Å². The number of esters is 3. The number of ether oxygens (including phenoxy) is 11. The molecule has 0 radical (unpaired) electrons. The molecule has 0 saturated carbocycles. The number of carboxylic acid groups (broad SMARTS) is 1. The molecule has 5 aliphatic rings. The topological polar surface area (TPSA) is 443 Å². The first kappa shape index (κ1) is 61.5. The largest absolute Gasteiger partial charge is 0.508 e. The van der Waals surface area contributed by atoms with Gasteiger partial charge in [0, 0.05) is 29.8 Å². The Morgan fingerprint density at radius 1 is 0.607 bits per heavy atom. The van der Waals surface area contributed by atoms with E-state index in [1.165, 1.54) is 68.8 Å². The van der Waals surface area contributed by atoms with Crippen molar-refractivity contribution in [1.29, 1.82) is 0 Å². The van der Waals surface area contributed by atoms with Crippen molar-refractivity contribution in [1.82, 2.24) is 0 Å². The van der Waals surface area contributed by atoms with Crippen LogP contribution in [0, 0.1) is 0 Å². The first-order chi connectivity index (χ1) is 40.0. The second-order valence-electron chi connectivity index (χ2n) is 18.9. The molecule has 3 saturated heterocycles. The quantitative estimate of drug-likeness (QED) is 0.0155. The van der Waals surface area contributed by atoms with E-state index in [9.17, 15) is 80.1 Å². The lowest BCUT2D eigenvalue weighted by Gasteiger charge is -2.45. The maximum absolute atomic E-state index is 13.5. The average Bonchev–Trinajstić information content (AvgIpc) is 3.53. The molecule has 0 spiro atoms. The third kappa shape index (κ3) is 14.4. The van der Waals surface area contributed by atoms with Gasteiger partial charge in [0.1, 0.15) is 91.8 Å². The van der Waals surface area contributed by atoms with Crippen LogP contribution >= 0.6 is 0 Å². The third-order valence-electron chi connectivity index (χ3n) is 13.1. The van der Waals surface area contributed by atoms with Crippen LogP contribution in [0.2, 0.25) is 0 Å². The van der Waals surface area contributed by atoms with E-state index in [0.29, 0.717) is 5.56 Å². The maximum atomic E-state index is 13.5. The number of aliphatic carboxylic acids is 1. The molecule has 0 aromatic heterocycles. The van der Waals surface area contributed by atoms with E-state index in [0.717, 1.165) is 42.5 Å². The molecule has 3 fully saturated rings. The fourth-order valence-electron chi connectivity index (χ4n) is 8.72. The summed E-state index contributed by atoms with van der Waals surface area (Å²) >= 11 is 0. The number of phenols is 4. The average molecular weight is 1180 g/mol. The van der Waals surface area contributed by atoms with Gasteiger partial charge in [0.15, 0.2) is 58.4 Å². The molecule has 3 aromatic rings. The van der Waals surface area contributed by atoms with Crippen molar-refractivity contribution in [3.63, 3.8) is 0 Å². The predicted molar refractivity (Wildman–Crippen MR) is 277 cm³/mol. The minimum Gasteiger partial charge on any atom is -0.508 e. The van der Waals surface area contributed by atoms with Gasteiger partial charge in [0.25, 0.3) is 0 Å². The summed E-state index contributed by atoms with van der Waals surface area (Å²) in [4.78, 5) is 62.9. The molecule has 450 valence electrons. The highest BCUT2D eigenvalue weighted by molar-refractivity contribution is 5.90. The molecule has 0 unspecified atom stereocenters. The fourth-order valence-corrected chi connectivity index (χ4v) is 8.72. The number of fused-ring (bicyclic) bond motifs is 1. The van der Waals surface area contributed by atoms with Crippen LogP contribution in [0.15, 0.2) is 94.2 Å². The molecular weight excluding hydrogens is 1120 g/mol. The van der Waals surface area contributed by atoms with Crippen molar-refractivity contribution in [2.24, 2.45) is 0 Å². The lowest BCUT2D eigenvalue weighted by atomic mass is 9.98. The van der Waals surface area contributed by atoms with Gasteiger partial charge in [0.2, 0.25) is 18.3 Å². The first-order valence-electron chi connectivity index (χ1n) is 25.2. The Labute approximate surface area is 473 Å². The Kier molecular flexibility index (Phi) is 19.6. The zero-order valence-corrected chi connectivity index (χ0v) is 44.0. The van der Waals surface area contributed by atoms with E-state index in [2.05, 4.69) is 0 Å². The molecule has 3 aromatic carbocycles. The Balaban J connectivity index is 1.16. The van der Waals surface area contributed by atoms with E-state index in [4.69, 9.17) is 61.6 Å². The van der Waals surface area contributed by atoms with Crippen molar-refractivity contribution in [2.45, 2.75) is 92.4 Å². The Bertz CT molecular complexity index is 3220. The van der Waals surface area contributed by atoms with Crippen LogP contribution in [0.1, 0.15) is 17.5 Å². The highest BCUT2D eigenvalue weighted by Crippen LogP contribution is 2.45. The molecule has 8 rings (SSSR count). The molecular formula is C55H56O29. The van der Waals surface area contributed by atoms with Crippen LogP contribution in [-0.2, 0) is 52.3 Å². The van der Waals surface area contributed by atoms with Gasteiger partial charge in [-0.1, -0.05) is 12.1 Å². The van der Waals surface area contributed by atoms with Crippen LogP contribution in [-0.4, -0.2) is 205 Å². The van der Waals surface area contributed by atoms with Crippen molar-refractivity contribution in [3.05, 3.63) is 106 Å². The van der Waals surface area contributed by atoms with Gasteiger partial charge in [-0.2, -0.15) is 0 Å². The van der Waals surface area contributed by atoms with Crippen LogP contribution in [0.5, 0.6) is 46.0 Å². The van der Waals surface area contributed by atoms with Gasteiger partial charge in [-0.25, -0.2) is 9.59 Å². The summed E-state index contributed by atoms with van der Waals surface area (Å²) in [6.45, 7) is -2.34. The summed E-state index contributed by atoms with van der Waals surface area (Å²) in [7, 11) is 2.55. The first-order valence-corrected chi connectivity index (χ1v) is 25.2. The summed E-state index contributed by atoms with van der Waals surface area (Å²) < 4.78 is 68.4. The smallest absolute Gasteiger partial charge is 0.331 e. The summed E-state index contributed by atoms with van der Waals surface area (Å²) in [5.74, 6) is -8.39. The normalized spacial score (nSPS) is 27.0. The van der Waals surface area contributed by atoms with Gasteiger partial charge < -0.3 is 118 Å². The van der Waals surface area contributed by atoms with Crippen LogP contribution < -0.4 is 24.4 Å². The number of rotatable bonds is 20. The molecule has 1 aliphatic carbocycles. The number of hydrogen-bond acceptors (Lipinski definition) is 28. The monoisotopic (exact) mass is 1180 g/mol. The Morgan fingerprint density at radius 2 is 1.24 bits per heavy atom. The molecule has 4 heterocycles. The summed E-state index contributed by atoms with van der Waals surface area (Å²) in [6, 6.07) is 14.6. The molecule has 14 atom stereocenters. The summed E-state index contributed by atoms with van der Waals surface area (Å²) in [5, 5.41) is 128. The van der Waals surface area contributed by atoms with E-state index in [1.807, 2.05) is 0 Å². The molecule has 84 heavy (non-hydrogen) atoms. The standard InChI is InChI=1S/C55H56O29/c1-73-34-13-24(14-35(74-2)44(34)67)6-12-41(64)83-51-43(66)31(60)20-77-54(51)84-52-48(71)46(69)38(21-75-40(63)11-5-23-3-8-26(56)9-4-23)82-55(52)80-36-18-28-32(78-50(36)25-7-10-29(58)30(59)15-25)16-27(57)17-33(28)79-53-49(72)47(70)45(68)37(81-53)22-76-42(65)19-39(61)62/h3-18,31,37-38,43,45-49,51-56,58-60,66-72H,19-22H2,1-2H3,(H,61,62)/b11-5+,12-6+/t31-,37-,38-,43+,45-,46-,47+,48+,49-,51-,52-,53-,54+,55-/m1/s1.